The predicted octanol–water partition coefficient (Wildman–Crippen LogP) is 4.09. The summed E-state index contributed by atoms with van der Waals surface area (Å²) in [5.41, 5.74) is 1.46. The van der Waals surface area contributed by atoms with Crippen LogP contribution in [0.1, 0.15) is 45.6 Å². The fourth-order valence-corrected chi connectivity index (χ4v) is 3.07. The van der Waals surface area contributed by atoms with Crippen molar-refractivity contribution in [1.82, 2.24) is 0 Å². The first-order chi connectivity index (χ1) is 9.10. The lowest BCUT2D eigenvalue weighted by Crippen LogP contribution is -2.29. The molecule has 3 nitrogen and oxygen atoms in total. The molecule has 1 N–H and O–H groups in total. The first-order valence-corrected chi connectivity index (χ1v) is 7.04. The minimum Gasteiger partial charge on any atom is -0.490 e. The highest BCUT2D eigenvalue weighted by atomic mass is 16.5. The van der Waals surface area contributed by atoms with Crippen molar-refractivity contribution in [3.8, 4) is 5.75 Å². The van der Waals surface area contributed by atoms with E-state index in [1.165, 1.54) is 6.42 Å². The van der Waals surface area contributed by atoms with Gasteiger partial charge in [-0.2, -0.15) is 0 Å². The van der Waals surface area contributed by atoms with Crippen LogP contribution in [0.4, 0.5) is 0 Å². The third-order valence-corrected chi connectivity index (χ3v) is 3.86. The van der Waals surface area contributed by atoms with Crippen molar-refractivity contribution in [2.75, 3.05) is 0 Å². The molecule has 1 fully saturated rings. The first-order valence-electron chi connectivity index (χ1n) is 7.04. The van der Waals surface area contributed by atoms with Gasteiger partial charge in [0.15, 0.2) is 0 Å². The van der Waals surface area contributed by atoms with Gasteiger partial charge in [0.1, 0.15) is 5.75 Å². The number of hydrogen-bond donors (Lipinski definition) is 1. The molecule has 2 rings (SSSR count). The quantitative estimate of drug-likeness (QED) is 0.506. The van der Waals surface area contributed by atoms with Crippen LogP contribution in [0.15, 0.2) is 29.4 Å². The summed E-state index contributed by atoms with van der Waals surface area (Å²) in [4.78, 5) is 0. The molecule has 1 aromatic rings. The molecule has 0 aliphatic heterocycles. The summed E-state index contributed by atoms with van der Waals surface area (Å²) >= 11 is 0. The summed E-state index contributed by atoms with van der Waals surface area (Å²) in [6, 6.07) is 7.77. The van der Waals surface area contributed by atoms with Gasteiger partial charge in [-0.25, -0.2) is 0 Å². The molecule has 0 heterocycles. The van der Waals surface area contributed by atoms with E-state index in [9.17, 15) is 0 Å². The molecule has 1 aliphatic rings. The van der Waals surface area contributed by atoms with Gasteiger partial charge in [-0.05, 0) is 50.2 Å². The van der Waals surface area contributed by atoms with Gasteiger partial charge in [0, 0.05) is 5.56 Å². The third kappa shape index (κ3) is 3.49. The molecular weight excluding hydrogens is 238 g/mol. The molecule has 104 valence electrons. The summed E-state index contributed by atoms with van der Waals surface area (Å²) < 4.78 is 6.16. The van der Waals surface area contributed by atoms with E-state index in [1.54, 1.807) is 6.92 Å². The Balaban J connectivity index is 2.15. The monoisotopic (exact) mass is 261 g/mol. The van der Waals surface area contributed by atoms with Crippen molar-refractivity contribution in [1.29, 1.82) is 0 Å². The van der Waals surface area contributed by atoms with Gasteiger partial charge in [0.25, 0.3) is 0 Å². The molecule has 0 aromatic heterocycles. The highest BCUT2D eigenvalue weighted by Crippen LogP contribution is 2.32. The molecule has 3 heteroatoms. The molecule has 0 bridgehead atoms. The SMILES string of the molecule is CC(=NO)c1ccccc1OC1CC(C)CC(C)C1. The lowest BCUT2D eigenvalue weighted by molar-refractivity contribution is 0.101. The van der Waals surface area contributed by atoms with Crippen LogP contribution in [0.5, 0.6) is 5.75 Å². The van der Waals surface area contributed by atoms with Gasteiger partial charge in [-0.1, -0.05) is 31.1 Å². The van der Waals surface area contributed by atoms with Gasteiger partial charge >= 0.3 is 0 Å². The molecule has 0 amide bonds. The van der Waals surface area contributed by atoms with Crippen molar-refractivity contribution in [3.63, 3.8) is 0 Å². The second-order valence-corrected chi connectivity index (χ2v) is 5.84. The lowest BCUT2D eigenvalue weighted by atomic mass is 9.82. The van der Waals surface area contributed by atoms with Gasteiger partial charge in [-0.15, -0.1) is 0 Å². The van der Waals surface area contributed by atoms with Crippen LogP contribution >= 0.6 is 0 Å². The lowest BCUT2D eigenvalue weighted by Gasteiger charge is -2.32. The Morgan fingerprint density at radius 2 is 1.79 bits per heavy atom. The van der Waals surface area contributed by atoms with E-state index in [2.05, 4.69) is 19.0 Å². The molecule has 1 aromatic carbocycles. The number of rotatable bonds is 3. The molecule has 1 aliphatic carbocycles. The Kier molecular flexibility index (Phi) is 4.46. The van der Waals surface area contributed by atoms with E-state index in [0.717, 1.165) is 24.2 Å². The maximum absolute atomic E-state index is 8.94. The minimum absolute atomic E-state index is 0.270. The number of benzene rings is 1. The fourth-order valence-electron chi connectivity index (χ4n) is 3.07. The topological polar surface area (TPSA) is 41.8 Å². The Labute approximate surface area is 115 Å². The van der Waals surface area contributed by atoms with Crippen LogP contribution in [-0.2, 0) is 0 Å². The standard InChI is InChI=1S/C16H23NO2/c1-11-8-12(2)10-14(9-11)19-16-7-5-4-6-15(16)13(3)17-18/h4-7,11-12,14,18H,8-10H2,1-3H3. The summed E-state index contributed by atoms with van der Waals surface area (Å²) in [6.45, 7) is 6.37. The fraction of sp³-hybridized carbons (Fsp3) is 0.562. The van der Waals surface area contributed by atoms with Crippen LogP contribution in [-0.4, -0.2) is 17.0 Å². The largest absolute Gasteiger partial charge is 0.490 e. The van der Waals surface area contributed by atoms with Gasteiger partial charge in [0.2, 0.25) is 0 Å². The molecule has 2 unspecified atom stereocenters. The molecule has 0 saturated heterocycles. The number of hydrogen-bond acceptors (Lipinski definition) is 3. The van der Waals surface area contributed by atoms with Crippen LogP contribution in [0.25, 0.3) is 0 Å². The summed E-state index contributed by atoms with van der Waals surface area (Å²) in [5.74, 6) is 2.26. The van der Waals surface area contributed by atoms with E-state index >= 15 is 0 Å². The zero-order valence-corrected chi connectivity index (χ0v) is 12.0. The van der Waals surface area contributed by atoms with Crippen molar-refractivity contribution in [2.24, 2.45) is 17.0 Å². The Morgan fingerprint density at radius 3 is 2.42 bits per heavy atom. The number of ether oxygens (including phenoxy) is 1. The number of oxime groups is 1. The average molecular weight is 261 g/mol. The predicted molar refractivity (Wildman–Crippen MR) is 77.0 cm³/mol. The molecule has 2 atom stereocenters. The van der Waals surface area contributed by atoms with Crippen LogP contribution < -0.4 is 4.74 Å². The van der Waals surface area contributed by atoms with E-state index in [0.29, 0.717) is 17.5 Å². The Hall–Kier alpha value is -1.51. The average Bonchev–Trinajstić information content (AvgIpc) is 2.37. The Bertz CT molecular complexity index is 446. The van der Waals surface area contributed by atoms with Crippen molar-refractivity contribution >= 4 is 5.71 Å². The van der Waals surface area contributed by atoms with E-state index in [4.69, 9.17) is 9.94 Å². The van der Waals surface area contributed by atoms with Gasteiger partial charge in [-0.3, -0.25) is 0 Å². The minimum atomic E-state index is 0.270. The second kappa shape index (κ2) is 6.09. The summed E-state index contributed by atoms with van der Waals surface area (Å²) in [7, 11) is 0. The van der Waals surface area contributed by atoms with Gasteiger partial charge < -0.3 is 9.94 Å². The van der Waals surface area contributed by atoms with Gasteiger partial charge in [0.05, 0.1) is 11.8 Å². The number of para-hydroxylation sites is 1. The molecule has 0 spiro atoms. The van der Waals surface area contributed by atoms with E-state index in [-0.39, 0.29) is 6.10 Å². The van der Waals surface area contributed by atoms with Crippen molar-refractivity contribution in [3.05, 3.63) is 29.8 Å². The van der Waals surface area contributed by atoms with Crippen LogP contribution in [0, 0.1) is 11.8 Å². The highest BCUT2D eigenvalue weighted by molar-refractivity contribution is 6.00. The Morgan fingerprint density at radius 1 is 1.16 bits per heavy atom. The molecule has 1 saturated carbocycles. The maximum Gasteiger partial charge on any atom is 0.128 e. The van der Waals surface area contributed by atoms with Crippen molar-refractivity contribution in [2.45, 2.75) is 46.1 Å². The van der Waals surface area contributed by atoms with E-state index in [1.807, 2.05) is 24.3 Å². The molecular formula is C16H23NO2. The molecule has 0 radical (unpaired) electrons. The summed E-state index contributed by atoms with van der Waals surface area (Å²) in [5, 5.41) is 12.2. The third-order valence-electron chi connectivity index (χ3n) is 3.86. The highest BCUT2D eigenvalue weighted by Gasteiger charge is 2.25. The molecule has 19 heavy (non-hydrogen) atoms. The number of nitrogens with zero attached hydrogens (tertiary/aromatic N) is 1. The smallest absolute Gasteiger partial charge is 0.128 e. The van der Waals surface area contributed by atoms with Crippen molar-refractivity contribution < 1.29 is 9.94 Å². The van der Waals surface area contributed by atoms with E-state index < -0.39 is 0 Å². The summed E-state index contributed by atoms with van der Waals surface area (Å²) in [6.07, 6.45) is 3.77. The van der Waals surface area contributed by atoms with Crippen LogP contribution in [0.3, 0.4) is 0 Å². The zero-order valence-electron chi connectivity index (χ0n) is 12.0. The maximum atomic E-state index is 8.94. The van der Waals surface area contributed by atoms with Crippen LogP contribution in [0.2, 0.25) is 0 Å². The normalized spacial score (nSPS) is 28.2. The second-order valence-electron chi connectivity index (χ2n) is 5.84. The first kappa shape index (κ1) is 13.9. The zero-order chi connectivity index (χ0) is 13.8.